The Bertz CT molecular complexity index is 640. The van der Waals surface area contributed by atoms with Gasteiger partial charge in [0.15, 0.2) is 0 Å². The van der Waals surface area contributed by atoms with Crippen LogP contribution < -0.4 is 5.73 Å². The Kier molecular flexibility index (Phi) is 3.62. The molecule has 0 aliphatic carbocycles. The molecule has 5 nitrogen and oxygen atoms in total. The lowest BCUT2D eigenvalue weighted by Gasteiger charge is -2.21. The molecule has 2 aromatic heterocycles. The summed E-state index contributed by atoms with van der Waals surface area (Å²) in [6, 6.07) is 0.238. The molecule has 0 amide bonds. The third kappa shape index (κ3) is 2.28. The van der Waals surface area contributed by atoms with Gasteiger partial charge in [-0.2, -0.15) is 0 Å². The molecule has 1 aliphatic rings. The summed E-state index contributed by atoms with van der Waals surface area (Å²) < 4.78 is 0. The van der Waals surface area contributed by atoms with E-state index in [2.05, 4.69) is 28.7 Å². The van der Waals surface area contributed by atoms with Crippen molar-refractivity contribution in [2.45, 2.75) is 39.3 Å². The minimum absolute atomic E-state index is 0.203. The van der Waals surface area contributed by atoms with Crippen LogP contribution in [0.2, 0.25) is 0 Å². The maximum Gasteiger partial charge on any atom is 0.146 e. The van der Waals surface area contributed by atoms with E-state index in [0.29, 0.717) is 12.4 Å². The van der Waals surface area contributed by atoms with Crippen molar-refractivity contribution in [3.8, 4) is 0 Å². The second-order valence-corrected chi connectivity index (χ2v) is 6.64. The molecule has 0 aromatic carbocycles. The average molecular weight is 292 g/mol. The number of likely N-dealkylation sites (tertiary alicyclic amines) is 1. The third-order valence-corrected chi connectivity index (χ3v) is 5.26. The summed E-state index contributed by atoms with van der Waals surface area (Å²) in [6.45, 7) is 6.02. The lowest BCUT2D eigenvalue weighted by Crippen LogP contribution is -2.32. The maximum atomic E-state index is 9.38. The van der Waals surface area contributed by atoms with Gasteiger partial charge >= 0.3 is 0 Å². The number of rotatable bonds is 3. The van der Waals surface area contributed by atoms with Crippen LogP contribution in [0.1, 0.15) is 29.1 Å². The molecule has 0 bridgehead atoms. The number of aliphatic hydroxyl groups is 1. The number of thiophene rings is 1. The molecule has 1 unspecified atom stereocenters. The van der Waals surface area contributed by atoms with Crippen LogP contribution >= 0.6 is 11.3 Å². The zero-order valence-corrected chi connectivity index (χ0v) is 12.7. The molecule has 3 heterocycles. The summed E-state index contributed by atoms with van der Waals surface area (Å²) in [6.07, 6.45) is 2.17. The SMILES string of the molecule is Cc1sc2nc(CN3CCCC3CO)nc(N)c2c1C. The Hall–Kier alpha value is -1.24. The van der Waals surface area contributed by atoms with E-state index >= 15 is 0 Å². The fourth-order valence-corrected chi connectivity index (χ4v) is 3.94. The smallest absolute Gasteiger partial charge is 0.146 e. The van der Waals surface area contributed by atoms with Gasteiger partial charge in [0.2, 0.25) is 0 Å². The molecular formula is C14H20N4OS. The number of fused-ring (bicyclic) bond motifs is 1. The van der Waals surface area contributed by atoms with Gasteiger partial charge in [0.25, 0.3) is 0 Å². The summed E-state index contributed by atoms with van der Waals surface area (Å²) in [7, 11) is 0. The predicted octanol–water partition coefficient (Wildman–Crippen LogP) is 1.85. The first kappa shape index (κ1) is 13.7. The second kappa shape index (κ2) is 5.27. The van der Waals surface area contributed by atoms with Crippen LogP contribution in [0.15, 0.2) is 0 Å². The van der Waals surface area contributed by atoms with Gasteiger partial charge < -0.3 is 10.8 Å². The molecule has 108 valence electrons. The predicted molar refractivity (Wildman–Crippen MR) is 81.8 cm³/mol. The van der Waals surface area contributed by atoms with Crippen LogP contribution in [0.4, 0.5) is 5.82 Å². The second-order valence-electron chi connectivity index (χ2n) is 5.44. The van der Waals surface area contributed by atoms with Crippen molar-refractivity contribution >= 4 is 27.4 Å². The highest BCUT2D eigenvalue weighted by Gasteiger charge is 2.25. The fraction of sp³-hybridized carbons (Fsp3) is 0.571. The molecule has 1 fully saturated rings. The number of nitrogens with two attached hydrogens (primary N) is 1. The number of nitrogens with zero attached hydrogens (tertiary/aromatic N) is 3. The van der Waals surface area contributed by atoms with Crippen LogP contribution in [0, 0.1) is 13.8 Å². The van der Waals surface area contributed by atoms with E-state index in [0.717, 1.165) is 35.4 Å². The minimum Gasteiger partial charge on any atom is -0.395 e. The standard InChI is InChI=1S/C14H20N4OS/c1-8-9(2)20-14-12(8)13(15)16-11(17-14)6-18-5-3-4-10(18)7-19/h10,19H,3-7H2,1-2H3,(H2,15,16,17). The molecule has 20 heavy (non-hydrogen) atoms. The zero-order chi connectivity index (χ0) is 14.3. The maximum absolute atomic E-state index is 9.38. The van der Waals surface area contributed by atoms with E-state index < -0.39 is 0 Å². The monoisotopic (exact) mass is 292 g/mol. The highest BCUT2D eigenvalue weighted by Crippen LogP contribution is 2.32. The molecule has 0 radical (unpaired) electrons. The number of aryl methyl sites for hydroxylation is 2. The van der Waals surface area contributed by atoms with Gasteiger partial charge in [-0.1, -0.05) is 0 Å². The van der Waals surface area contributed by atoms with E-state index in [1.807, 2.05) is 0 Å². The lowest BCUT2D eigenvalue weighted by atomic mass is 10.2. The number of nitrogen functional groups attached to an aromatic ring is 1. The van der Waals surface area contributed by atoms with Crippen molar-refractivity contribution in [3.63, 3.8) is 0 Å². The summed E-state index contributed by atoms with van der Waals surface area (Å²) in [5.41, 5.74) is 7.28. The van der Waals surface area contributed by atoms with E-state index in [1.54, 1.807) is 11.3 Å². The van der Waals surface area contributed by atoms with Gasteiger partial charge in [0.05, 0.1) is 18.5 Å². The van der Waals surface area contributed by atoms with E-state index in [4.69, 9.17) is 5.73 Å². The quantitative estimate of drug-likeness (QED) is 0.903. The van der Waals surface area contributed by atoms with E-state index in [1.165, 1.54) is 10.4 Å². The molecule has 1 atom stereocenters. The van der Waals surface area contributed by atoms with Crippen molar-refractivity contribution in [1.29, 1.82) is 0 Å². The van der Waals surface area contributed by atoms with Crippen LogP contribution in [0.3, 0.4) is 0 Å². The van der Waals surface area contributed by atoms with Crippen molar-refractivity contribution in [2.24, 2.45) is 0 Å². The van der Waals surface area contributed by atoms with E-state index in [9.17, 15) is 5.11 Å². The first-order chi connectivity index (χ1) is 9.60. The summed E-state index contributed by atoms with van der Waals surface area (Å²) >= 11 is 1.67. The molecule has 0 saturated carbocycles. The summed E-state index contributed by atoms with van der Waals surface area (Å²) in [5.74, 6) is 1.34. The highest BCUT2D eigenvalue weighted by molar-refractivity contribution is 7.18. The summed E-state index contributed by atoms with van der Waals surface area (Å²) in [4.78, 5) is 13.6. The van der Waals surface area contributed by atoms with Crippen molar-refractivity contribution in [3.05, 3.63) is 16.3 Å². The van der Waals surface area contributed by atoms with Crippen LogP contribution in [0.25, 0.3) is 10.2 Å². The topological polar surface area (TPSA) is 75.3 Å². The van der Waals surface area contributed by atoms with Gasteiger partial charge in [-0.15, -0.1) is 11.3 Å². The van der Waals surface area contributed by atoms with Gasteiger partial charge in [-0.25, -0.2) is 9.97 Å². The first-order valence-electron chi connectivity index (χ1n) is 6.97. The minimum atomic E-state index is 0.203. The Morgan fingerprint density at radius 1 is 1.40 bits per heavy atom. The molecule has 6 heteroatoms. The summed E-state index contributed by atoms with van der Waals surface area (Å²) in [5, 5.41) is 10.4. The van der Waals surface area contributed by atoms with Crippen molar-refractivity contribution < 1.29 is 5.11 Å². The van der Waals surface area contributed by atoms with Gasteiger partial charge in [0.1, 0.15) is 16.5 Å². The average Bonchev–Trinajstić information content (AvgIpc) is 2.95. The lowest BCUT2D eigenvalue weighted by molar-refractivity contribution is 0.151. The largest absolute Gasteiger partial charge is 0.395 e. The molecule has 3 rings (SSSR count). The van der Waals surface area contributed by atoms with E-state index in [-0.39, 0.29) is 12.6 Å². The number of hydrogen-bond acceptors (Lipinski definition) is 6. The third-order valence-electron chi connectivity index (χ3n) is 4.16. The van der Waals surface area contributed by atoms with Crippen molar-refractivity contribution in [1.82, 2.24) is 14.9 Å². The van der Waals surface area contributed by atoms with Gasteiger partial charge in [-0.05, 0) is 38.8 Å². The van der Waals surface area contributed by atoms with Crippen LogP contribution in [-0.2, 0) is 6.54 Å². The van der Waals surface area contributed by atoms with Gasteiger partial charge in [-0.3, -0.25) is 4.90 Å². The Morgan fingerprint density at radius 2 is 2.20 bits per heavy atom. The molecule has 1 saturated heterocycles. The first-order valence-corrected chi connectivity index (χ1v) is 7.78. The molecular weight excluding hydrogens is 272 g/mol. The Labute approximate surface area is 122 Å². The molecule has 3 N–H and O–H groups in total. The number of anilines is 1. The Balaban J connectivity index is 1.93. The zero-order valence-electron chi connectivity index (χ0n) is 11.9. The van der Waals surface area contributed by atoms with Crippen LogP contribution in [-0.4, -0.2) is 39.2 Å². The molecule has 2 aromatic rings. The van der Waals surface area contributed by atoms with Crippen LogP contribution in [0.5, 0.6) is 0 Å². The van der Waals surface area contributed by atoms with Gasteiger partial charge in [0, 0.05) is 10.9 Å². The molecule has 0 spiro atoms. The number of aromatic nitrogens is 2. The van der Waals surface area contributed by atoms with Crippen molar-refractivity contribution in [2.75, 3.05) is 18.9 Å². The molecule has 1 aliphatic heterocycles. The normalized spacial score (nSPS) is 20.1. The highest BCUT2D eigenvalue weighted by atomic mass is 32.1. The number of aliphatic hydroxyl groups excluding tert-OH is 1. The fourth-order valence-electron chi connectivity index (χ4n) is 2.89. The number of hydrogen-bond donors (Lipinski definition) is 2. The Morgan fingerprint density at radius 3 is 2.95 bits per heavy atom.